The standard InChI is InChI=1S/C8H11N.C5H11N/c9-7-6-8-4-2-1-3-5-8;1-6-4-2-3-5-6/h1-5H,6-7,9H2;2-5H2,1H3. The Bertz CT molecular complexity index is 240. The number of benzene rings is 1. The summed E-state index contributed by atoms with van der Waals surface area (Å²) in [5.74, 6) is 0. The highest BCUT2D eigenvalue weighted by molar-refractivity contribution is 5.14. The molecule has 15 heavy (non-hydrogen) atoms. The molecule has 1 aliphatic heterocycles. The minimum absolute atomic E-state index is 0.740. The molecule has 1 aromatic rings. The fourth-order valence-corrected chi connectivity index (χ4v) is 1.69. The molecular weight excluding hydrogens is 184 g/mol. The molecule has 1 aromatic carbocycles. The minimum Gasteiger partial charge on any atom is -0.330 e. The van der Waals surface area contributed by atoms with Crippen molar-refractivity contribution in [3.63, 3.8) is 0 Å². The van der Waals surface area contributed by atoms with Gasteiger partial charge in [0.2, 0.25) is 0 Å². The van der Waals surface area contributed by atoms with E-state index in [1.165, 1.54) is 31.5 Å². The van der Waals surface area contributed by atoms with E-state index >= 15 is 0 Å². The van der Waals surface area contributed by atoms with Gasteiger partial charge in [-0.3, -0.25) is 0 Å². The van der Waals surface area contributed by atoms with Gasteiger partial charge >= 0.3 is 0 Å². The highest BCUT2D eigenvalue weighted by Crippen LogP contribution is 2.02. The van der Waals surface area contributed by atoms with Crippen LogP contribution < -0.4 is 5.73 Å². The van der Waals surface area contributed by atoms with Crippen molar-refractivity contribution in [2.24, 2.45) is 5.73 Å². The second-order valence-electron chi connectivity index (χ2n) is 4.03. The van der Waals surface area contributed by atoms with Crippen LogP contribution in [-0.2, 0) is 6.42 Å². The number of hydrogen-bond donors (Lipinski definition) is 1. The van der Waals surface area contributed by atoms with Crippen molar-refractivity contribution in [2.45, 2.75) is 19.3 Å². The van der Waals surface area contributed by atoms with Gasteiger partial charge in [0.05, 0.1) is 0 Å². The van der Waals surface area contributed by atoms with Crippen LogP contribution in [0.5, 0.6) is 0 Å². The topological polar surface area (TPSA) is 29.3 Å². The maximum absolute atomic E-state index is 5.36. The van der Waals surface area contributed by atoms with E-state index < -0.39 is 0 Å². The Kier molecular flexibility index (Phi) is 6.05. The minimum atomic E-state index is 0.740. The maximum Gasteiger partial charge on any atom is -0.00213 e. The highest BCUT2D eigenvalue weighted by Gasteiger charge is 2.03. The third-order valence-corrected chi connectivity index (χ3v) is 2.61. The number of nitrogens with zero attached hydrogens (tertiary/aromatic N) is 1. The Morgan fingerprint density at radius 3 is 2.13 bits per heavy atom. The van der Waals surface area contributed by atoms with Gasteiger partial charge in [0.25, 0.3) is 0 Å². The molecular formula is C13H22N2. The third kappa shape index (κ3) is 5.55. The van der Waals surface area contributed by atoms with Crippen molar-refractivity contribution in [2.75, 3.05) is 26.7 Å². The van der Waals surface area contributed by atoms with Crippen molar-refractivity contribution in [1.29, 1.82) is 0 Å². The molecule has 1 aliphatic rings. The van der Waals surface area contributed by atoms with Crippen LogP contribution in [0, 0.1) is 0 Å². The molecule has 0 atom stereocenters. The molecule has 84 valence electrons. The van der Waals surface area contributed by atoms with Crippen LogP contribution in [0.4, 0.5) is 0 Å². The summed E-state index contributed by atoms with van der Waals surface area (Å²) in [6, 6.07) is 10.3. The SMILES string of the molecule is CN1CCCC1.NCCc1ccccc1. The van der Waals surface area contributed by atoms with E-state index in [2.05, 4.69) is 24.1 Å². The number of rotatable bonds is 2. The zero-order chi connectivity index (χ0) is 10.9. The second kappa shape index (κ2) is 7.43. The molecule has 2 N–H and O–H groups in total. The van der Waals surface area contributed by atoms with Crippen molar-refractivity contribution in [3.05, 3.63) is 35.9 Å². The van der Waals surface area contributed by atoms with Gasteiger partial charge in [0.1, 0.15) is 0 Å². The van der Waals surface area contributed by atoms with Gasteiger partial charge in [-0.15, -0.1) is 0 Å². The predicted octanol–water partition coefficient (Wildman–Crippen LogP) is 1.90. The molecule has 1 heterocycles. The summed E-state index contributed by atoms with van der Waals surface area (Å²) in [5.41, 5.74) is 6.68. The molecule has 0 amide bonds. The van der Waals surface area contributed by atoms with Crippen LogP contribution in [0.2, 0.25) is 0 Å². The normalized spacial score (nSPS) is 15.9. The van der Waals surface area contributed by atoms with Gasteiger partial charge in [0.15, 0.2) is 0 Å². The molecule has 1 fully saturated rings. The van der Waals surface area contributed by atoms with Crippen molar-refractivity contribution in [3.8, 4) is 0 Å². The van der Waals surface area contributed by atoms with Crippen molar-refractivity contribution < 1.29 is 0 Å². The Morgan fingerprint density at radius 2 is 1.73 bits per heavy atom. The quantitative estimate of drug-likeness (QED) is 0.801. The van der Waals surface area contributed by atoms with Crippen LogP contribution in [0.15, 0.2) is 30.3 Å². The van der Waals surface area contributed by atoms with Crippen molar-refractivity contribution >= 4 is 0 Å². The Labute approximate surface area is 93.1 Å². The lowest BCUT2D eigenvalue weighted by Gasteiger charge is -2.01. The van der Waals surface area contributed by atoms with Gasteiger partial charge in [0, 0.05) is 0 Å². The fourth-order valence-electron chi connectivity index (χ4n) is 1.69. The van der Waals surface area contributed by atoms with Crippen LogP contribution in [0.3, 0.4) is 0 Å². The average Bonchev–Trinajstić information content (AvgIpc) is 2.72. The Balaban J connectivity index is 0.000000162. The van der Waals surface area contributed by atoms with Gasteiger partial charge in [-0.25, -0.2) is 0 Å². The largest absolute Gasteiger partial charge is 0.330 e. The molecule has 0 spiro atoms. The molecule has 0 saturated carbocycles. The van der Waals surface area contributed by atoms with Gasteiger partial charge in [-0.05, 0) is 51.5 Å². The van der Waals surface area contributed by atoms with Crippen LogP contribution >= 0.6 is 0 Å². The molecule has 1 saturated heterocycles. The molecule has 2 nitrogen and oxygen atoms in total. The van der Waals surface area contributed by atoms with E-state index in [9.17, 15) is 0 Å². The van der Waals surface area contributed by atoms with Gasteiger partial charge in [-0.2, -0.15) is 0 Å². The third-order valence-electron chi connectivity index (χ3n) is 2.61. The molecule has 0 radical (unpaired) electrons. The average molecular weight is 206 g/mol. The summed E-state index contributed by atoms with van der Waals surface area (Å²) in [6.45, 7) is 3.38. The van der Waals surface area contributed by atoms with E-state index in [-0.39, 0.29) is 0 Å². The summed E-state index contributed by atoms with van der Waals surface area (Å²) in [4.78, 5) is 2.36. The first-order valence-electron chi connectivity index (χ1n) is 5.75. The van der Waals surface area contributed by atoms with E-state index in [0.29, 0.717) is 0 Å². The van der Waals surface area contributed by atoms with E-state index in [1.54, 1.807) is 0 Å². The lowest BCUT2D eigenvalue weighted by atomic mass is 10.2. The summed E-state index contributed by atoms with van der Waals surface area (Å²) in [5, 5.41) is 0. The molecule has 0 bridgehead atoms. The monoisotopic (exact) mass is 206 g/mol. The van der Waals surface area contributed by atoms with E-state index in [4.69, 9.17) is 5.73 Å². The molecule has 0 unspecified atom stereocenters. The summed E-state index contributed by atoms with van der Waals surface area (Å²) in [7, 11) is 2.17. The first-order chi connectivity index (χ1) is 7.33. The van der Waals surface area contributed by atoms with Crippen LogP contribution in [0.1, 0.15) is 18.4 Å². The summed E-state index contributed by atoms with van der Waals surface area (Å²) >= 11 is 0. The van der Waals surface area contributed by atoms with Crippen molar-refractivity contribution in [1.82, 2.24) is 4.90 Å². The second-order valence-corrected chi connectivity index (χ2v) is 4.03. The molecule has 2 rings (SSSR count). The molecule has 0 aromatic heterocycles. The van der Waals surface area contributed by atoms with Gasteiger partial charge < -0.3 is 10.6 Å². The Morgan fingerprint density at radius 1 is 1.13 bits per heavy atom. The first kappa shape index (κ1) is 12.2. The molecule has 2 heteroatoms. The number of likely N-dealkylation sites (tertiary alicyclic amines) is 1. The van der Waals surface area contributed by atoms with Crippen LogP contribution in [-0.4, -0.2) is 31.6 Å². The lowest BCUT2D eigenvalue weighted by molar-refractivity contribution is 0.418. The summed E-state index contributed by atoms with van der Waals surface area (Å²) in [6.07, 6.45) is 3.81. The number of nitrogens with two attached hydrogens (primary N) is 1. The Hall–Kier alpha value is -0.860. The summed E-state index contributed by atoms with van der Waals surface area (Å²) < 4.78 is 0. The predicted molar refractivity (Wildman–Crippen MR) is 65.9 cm³/mol. The van der Waals surface area contributed by atoms with Crippen LogP contribution in [0.25, 0.3) is 0 Å². The zero-order valence-electron chi connectivity index (χ0n) is 9.65. The maximum atomic E-state index is 5.36. The zero-order valence-corrected chi connectivity index (χ0v) is 9.65. The first-order valence-corrected chi connectivity index (χ1v) is 5.75. The van der Waals surface area contributed by atoms with E-state index in [0.717, 1.165) is 13.0 Å². The fraction of sp³-hybridized carbons (Fsp3) is 0.538. The molecule has 0 aliphatic carbocycles. The lowest BCUT2D eigenvalue weighted by Crippen LogP contribution is -2.10. The van der Waals surface area contributed by atoms with E-state index in [1.807, 2.05) is 18.2 Å². The highest BCUT2D eigenvalue weighted by atomic mass is 15.1. The smallest absolute Gasteiger partial charge is 0.00213 e. The number of hydrogen-bond acceptors (Lipinski definition) is 2. The van der Waals surface area contributed by atoms with Gasteiger partial charge in [-0.1, -0.05) is 30.3 Å².